The minimum absolute atomic E-state index is 0.0669. The molecule has 11 N–H and O–H groups in total. The van der Waals surface area contributed by atoms with Crippen LogP contribution in [0, 0.1) is 5.92 Å². The highest BCUT2D eigenvalue weighted by Crippen LogP contribution is 2.45. The van der Waals surface area contributed by atoms with Crippen LogP contribution in [0.5, 0.6) is 0 Å². The quantitative estimate of drug-likeness (QED) is 0.0460. The van der Waals surface area contributed by atoms with Crippen molar-refractivity contribution in [2.24, 2.45) is 17.4 Å². The van der Waals surface area contributed by atoms with Crippen LogP contribution < -0.4 is 32.7 Å². The van der Waals surface area contributed by atoms with Crippen LogP contribution in [0.3, 0.4) is 0 Å². The lowest BCUT2D eigenvalue weighted by Crippen LogP contribution is -2.61. The number of hydrogen-bond acceptors (Lipinski definition) is 12. The molecule has 0 aromatic carbocycles. The summed E-state index contributed by atoms with van der Waals surface area (Å²) >= 11 is 0. The summed E-state index contributed by atoms with van der Waals surface area (Å²) in [5, 5.41) is 19.8. The van der Waals surface area contributed by atoms with Crippen molar-refractivity contribution in [2.75, 3.05) is 26.3 Å². The largest absolute Gasteiger partial charge is 0.472 e. The first-order chi connectivity index (χ1) is 23.5. The van der Waals surface area contributed by atoms with Crippen LogP contribution in [0.15, 0.2) is 12.5 Å². The van der Waals surface area contributed by atoms with E-state index in [0.29, 0.717) is 25.1 Å². The number of amides is 6. The lowest BCUT2D eigenvalue weighted by molar-refractivity contribution is -0.139. The van der Waals surface area contributed by atoms with E-state index in [1.807, 2.05) is 13.8 Å². The lowest BCUT2D eigenvalue weighted by Gasteiger charge is -2.28. The fourth-order valence-electron chi connectivity index (χ4n) is 5.19. The first-order valence-electron chi connectivity index (χ1n) is 16.2. The summed E-state index contributed by atoms with van der Waals surface area (Å²) < 4.78 is 22.0. The molecule has 0 radical (unpaired) electrons. The molecule has 1 aliphatic rings. The minimum Gasteiger partial charge on any atom is -0.394 e. The fraction of sp³-hybridized carbons (Fsp3) is 0.690. The van der Waals surface area contributed by atoms with Crippen molar-refractivity contribution in [1.82, 2.24) is 36.1 Å². The highest BCUT2D eigenvalue weighted by molar-refractivity contribution is 7.47. The molecule has 6 amide bonds. The Morgan fingerprint density at radius 1 is 1.06 bits per heavy atom. The molecule has 0 aliphatic carbocycles. The Balaban J connectivity index is 2.21. The molecule has 0 bridgehead atoms. The molecule has 1 saturated heterocycles. The van der Waals surface area contributed by atoms with E-state index >= 15 is 0 Å². The van der Waals surface area contributed by atoms with Gasteiger partial charge in [-0.25, -0.2) is 9.55 Å². The zero-order valence-corrected chi connectivity index (χ0v) is 29.5. The van der Waals surface area contributed by atoms with Crippen molar-refractivity contribution in [2.45, 2.75) is 96.1 Å². The van der Waals surface area contributed by atoms with E-state index in [9.17, 15) is 43.3 Å². The van der Waals surface area contributed by atoms with Gasteiger partial charge < -0.3 is 52.6 Å². The van der Waals surface area contributed by atoms with E-state index in [-0.39, 0.29) is 44.2 Å². The Hall–Kier alpha value is -3.94. The number of aromatic amines is 1. The van der Waals surface area contributed by atoms with Crippen molar-refractivity contribution in [1.29, 1.82) is 0 Å². The summed E-state index contributed by atoms with van der Waals surface area (Å²) in [6.07, 6.45) is 2.61. The molecule has 7 atom stereocenters. The number of rotatable bonds is 21. The third-order valence-corrected chi connectivity index (χ3v) is 8.81. The summed E-state index contributed by atoms with van der Waals surface area (Å²) in [5.41, 5.74) is 11.1. The number of phosphoric acid groups is 1. The molecule has 20 nitrogen and oxygen atoms in total. The van der Waals surface area contributed by atoms with E-state index in [0.717, 1.165) is 0 Å². The standard InChI is InChI=1S/C29H50N9O11P/c1-16(2)11-20(35-29(45)23-7-5-9-38(23)18(4)40)26(42)34-21(12-19-13-32-15-33-19)27(43)36-22(14-39)28(44)37-24(25(31)41)17(3)49-50(46,47)48-10-6-8-30/h13,15-17,20-24,39H,5-12,14,30H2,1-4H3,(H2,31,41)(H,32,33)(H,34,42)(H,35,45)(H,36,43)(H,37,44)(H,46,47)/t17-,20+,21+,22+,23+,24+/m1/s1. The highest BCUT2D eigenvalue weighted by Gasteiger charge is 2.37. The van der Waals surface area contributed by atoms with Crippen molar-refractivity contribution in [3.63, 3.8) is 0 Å². The topological polar surface area (TPSA) is 310 Å². The number of likely N-dealkylation sites (tertiary alicyclic amines) is 1. The molecule has 21 heteroatoms. The molecule has 0 spiro atoms. The van der Waals surface area contributed by atoms with Crippen LogP contribution in [0.25, 0.3) is 0 Å². The zero-order chi connectivity index (χ0) is 37.6. The number of nitrogens with one attached hydrogen (secondary N) is 5. The molecule has 50 heavy (non-hydrogen) atoms. The molecule has 1 aromatic heterocycles. The van der Waals surface area contributed by atoms with Gasteiger partial charge in [0.25, 0.3) is 0 Å². The maximum atomic E-state index is 13.6. The van der Waals surface area contributed by atoms with E-state index in [1.165, 1.54) is 31.3 Å². The summed E-state index contributed by atoms with van der Waals surface area (Å²) in [6, 6.07) is -6.59. The van der Waals surface area contributed by atoms with Crippen LogP contribution in [0.4, 0.5) is 0 Å². The average Bonchev–Trinajstić information content (AvgIpc) is 3.74. The van der Waals surface area contributed by atoms with Crippen molar-refractivity contribution in [3.8, 4) is 0 Å². The second-order valence-corrected chi connectivity index (χ2v) is 13.7. The number of hydrogen-bond donors (Lipinski definition) is 9. The summed E-state index contributed by atoms with van der Waals surface area (Å²) in [6.45, 7) is 5.60. The third kappa shape index (κ3) is 13.4. The Labute approximate surface area is 289 Å². The summed E-state index contributed by atoms with van der Waals surface area (Å²) in [5.74, 6) is -4.76. The van der Waals surface area contributed by atoms with Gasteiger partial charge in [0.2, 0.25) is 35.4 Å². The SMILES string of the molecule is CC(=O)N1CCC[C@H]1C(=O)N[C@@H](CC(C)C)C(=O)N[C@@H](Cc1cnc[nH]1)C(=O)N[C@@H](CO)C(=O)N[C@H](C(N)=O)[C@@H](C)OP(=O)(O)OCCCN. The van der Waals surface area contributed by atoms with Gasteiger partial charge in [-0.3, -0.25) is 37.8 Å². The van der Waals surface area contributed by atoms with Gasteiger partial charge in [-0.1, -0.05) is 13.8 Å². The zero-order valence-electron chi connectivity index (χ0n) is 28.6. The number of imidazole rings is 1. The molecule has 1 fully saturated rings. The van der Waals surface area contributed by atoms with Gasteiger partial charge in [-0.2, -0.15) is 0 Å². The summed E-state index contributed by atoms with van der Waals surface area (Å²) in [4.78, 5) is 95.7. The fourth-order valence-corrected chi connectivity index (χ4v) is 6.15. The number of nitrogens with zero attached hydrogens (tertiary/aromatic N) is 2. The number of phosphoric ester groups is 1. The highest BCUT2D eigenvalue weighted by atomic mass is 31.2. The normalized spacial score (nSPS) is 18.6. The Morgan fingerprint density at radius 2 is 1.70 bits per heavy atom. The van der Waals surface area contributed by atoms with Crippen LogP contribution in [0.1, 0.15) is 59.1 Å². The first-order valence-corrected chi connectivity index (χ1v) is 17.7. The smallest absolute Gasteiger partial charge is 0.394 e. The monoisotopic (exact) mass is 731 g/mol. The van der Waals surface area contributed by atoms with Crippen LogP contribution in [-0.2, 0) is 48.8 Å². The molecular weight excluding hydrogens is 681 g/mol. The molecule has 282 valence electrons. The number of aliphatic hydroxyl groups is 1. The Kier molecular flexibility index (Phi) is 16.9. The minimum atomic E-state index is -4.69. The van der Waals surface area contributed by atoms with E-state index < -0.39 is 80.3 Å². The van der Waals surface area contributed by atoms with Crippen LogP contribution in [-0.4, -0.2) is 123 Å². The third-order valence-electron chi connectivity index (χ3n) is 7.70. The molecule has 1 unspecified atom stereocenters. The first kappa shape index (κ1) is 42.2. The number of nitrogens with two attached hydrogens (primary N) is 2. The number of carbonyl (C=O) groups is 6. The molecular formula is C29H50N9O11P. The van der Waals surface area contributed by atoms with Gasteiger partial charge in [-0.05, 0) is 45.1 Å². The second-order valence-electron chi connectivity index (χ2n) is 12.3. The van der Waals surface area contributed by atoms with Crippen molar-refractivity contribution < 1.29 is 52.4 Å². The van der Waals surface area contributed by atoms with Gasteiger partial charge in [-0.15, -0.1) is 0 Å². The Morgan fingerprint density at radius 3 is 2.26 bits per heavy atom. The van der Waals surface area contributed by atoms with E-state index in [1.54, 1.807) is 0 Å². The van der Waals surface area contributed by atoms with Crippen molar-refractivity contribution >= 4 is 43.3 Å². The van der Waals surface area contributed by atoms with Gasteiger partial charge in [0.05, 0.1) is 25.6 Å². The molecule has 0 saturated carbocycles. The number of aromatic nitrogens is 2. The van der Waals surface area contributed by atoms with Gasteiger partial charge in [0, 0.05) is 31.8 Å². The molecule has 1 aromatic rings. The maximum Gasteiger partial charge on any atom is 0.472 e. The van der Waals surface area contributed by atoms with Gasteiger partial charge in [0.1, 0.15) is 30.2 Å². The summed E-state index contributed by atoms with van der Waals surface area (Å²) in [7, 11) is -4.69. The maximum absolute atomic E-state index is 13.6. The predicted octanol–water partition coefficient (Wildman–Crippen LogP) is -2.70. The number of aliphatic hydroxyl groups excluding tert-OH is 1. The number of H-pyrrole nitrogens is 1. The molecule has 2 rings (SSSR count). The lowest BCUT2D eigenvalue weighted by atomic mass is 10.0. The predicted molar refractivity (Wildman–Crippen MR) is 176 cm³/mol. The van der Waals surface area contributed by atoms with E-state index in [4.69, 9.17) is 20.5 Å². The molecule has 1 aliphatic heterocycles. The number of carbonyl (C=O) groups excluding carboxylic acids is 6. The van der Waals surface area contributed by atoms with Gasteiger partial charge in [0.15, 0.2) is 0 Å². The van der Waals surface area contributed by atoms with Gasteiger partial charge >= 0.3 is 7.82 Å². The molecule has 2 heterocycles. The number of primary amides is 1. The average molecular weight is 732 g/mol. The van der Waals surface area contributed by atoms with Crippen LogP contribution >= 0.6 is 7.82 Å². The Bertz CT molecular complexity index is 1360. The van der Waals surface area contributed by atoms with Crippen molar-refractivity contribution in [3.05, 3.63) is 18.2 Å². The second kappa shape index (κ2) is 20.0. The van der Waals surface area contributed by atoms with Crippen LogP contribution in [0.2, 0.25) is 0 Å². The van der Waals surface area contributed by atoms with E-state index in [2.05, 4.69) is 31.2 Å².